The van der Waals surface area contributed by atoms with E-state index in [-0.39, 0.29) is 29.3 Å². The van der Waals surface area contributed by atoms with Crippen LogP contribution < -0.4 is 0 Å². The van der Waals surface area contributed by atoms with E-state index in [1.807, 2.05) is 6.92 Å². The number of benzene rings is 1. The summed E-state index contributed by atoms with van der Waals surface area (Å²) in [5.41, 5.74) is 0.768. The minimum Gasteiger partial charge on any atom is -0.508 e. The Balaban J connectivity index is 2.21. The molecule has 0 amide bonds. The van der Waals surface area contributed by atoms with Crippen molar-refractivity contribution in [3.8, 4) is 11.5 Å². The smallest absolute Gasteiger partial charge is 0.342 e. The van der Waals surface area contributed by atoms with Gasteiger partial charge in [0.2, 0.25) is 0 Å². The van der Waals surface area contributed by atoms with Gasteiger partial charge in [-0.3, -0.25) is 0 Å². The topological polar surface area (TPSA) is 87.0 Å². The maximum absolute atomic E-state index is 12.4. The third-order valence-corrected chi connectivity index (χ3v) is 4.33. The lowest BCUT2D eigenvalue weighted by Crippen LogP contribution is -2.18. The number of aryl methyl sites for hydroxylation is 1. The van der Waals surface area contributed by atoms with Crippen LogP contribution in [0.5, 0.6) is 11.5 Å². The van der Waals surface area contributed by atoms with Crippen molar-refractivity contribution in [2.75, 3.05) is 0 Å². The van der Waals surface area contributed by atoms with E-state index < -0.39 is 5.97 Å². The SMILES string of the molecule is C[C@@H]1CCCC(O)CCCCCc2cc(O)cc(O)c2C(=O)O1. The van der Waals surface area contributed by atoms with E-state index in [9.17, 15) is 20.1 Å². The third-order valence-electron chi connectivity index (χ3n) is 4.33. The first-order chi connectivity index (χ1) is 11.0. The Morgan fingerprint density at radius 3 is 2.57 bits per heavy atom. The molecule has 1 aliphatic rings. The number of hydrogen-bond acceptors (Lipinski definition) is 5. The van der Waals surface area contributed by atoms with E-state index in [1.165, 1.54) is 12.1 Å². The van der Waals surface area contributed by atoms with Crippen molar-refractivity contribution in [1.82, 2.24) is 0 Å². The highest BCUT2D eigenvalue weighted by Gasteiger charge is 2.21. The van der Waals surface area contributed by atoms with Crippen LogP contribution in [0.4, 0.5) is 0 Å². The molecule has 0 fully saturated rings. The van der Waals surface area contributed by atoms with Gasteiger partial charge in [-0.05, 0) is 57.1 Å². The molecule has 1 aromatic carbocycles. The van der Waals surface area contributed by atoms with Gasteiger partial charge in [0.1, 0.15) is 17.1 Å². The number of ether oxygens (including phenoxy) is 1. The highest BCUT2D eigenvalue weighted by molar-refractivity contribution is 5.94. The Hall–Kier alpha value is -1.75. The number of rotatable bonds is 0. The van der Waals surface area contributed by atoms with Crippen LogP contribution in [-0.4, -0.2) is 33.5 Å². The van der Waals surface area contributed by atoms with Crippen molar-refractivity contribution < 1.29 is 24.9 Å². The third kappa shape index (κ3) is 5.13. The number of aliphatic hydroxyl groups is 1. The number of cyclic esters (lactones) is 1. The monoisotopic (exact) mass is 322 g/mol. The van der Waals surface area contributed by atoms with Gasteiger partial charge in [0.05, 0.1) is 12.2 Å². The molecule has 5 heteroatoms. The molecular weight excluding hydrogens is 296 g/mol. The molecule has 0 saturated carbocycles. The molecule has 3 N–H and O–H groups in total. The Kier molecular flexibility index (Phi) is 6.28. The summed E-state index contributed by atoms with van der Waals surface area (Å²) in [6.45, 7) is 1.81. The van der Waals surface area contributed by atoms with Crippen molar-refractivity contribution in [3.63, 3.8) is 0 Å². The van der Waals surface area contributed by atoms with Gasteiger partial charge >= 0.3 is 5.97 Å². The molecule has 128 valence electrons. The van der Waals surface area contributed by atoms with Crippen molar-refractivity contribution in [3.05, 3.63) is 23.3 Å². The first-order valence-electron chi connectivity index (χ1n) is 8.41. The van der Waals surface area contributed by atoms with E-state index in [1.54, 1.807) is 0 Å². The van der Waals surface area contributed by atoms with Crippen LogP contribution in [0.2, 0.25) is 0 Å². The molecule has 0 radical (unpaired) electrons. The second kappa shape index (κ2) is 8.20. The molecule has 5 nitrogen and oxygen atoms in total. The summed E-state index contributed by atoms with van der Waals surface area (Å²) < 4.78 is 5.42. The fourth-order valence-electron chi connectivity index (χ4n) is 3.06. The van der Waals surface area contributed by atoms with Gasteiger partial charge in [-0.2, -0.15) is 0 Å². The average Bonchev–Trinajstić information content (AvgIpc) is 2.45. The number of hydrogen-bond donors (Lipinski definition) is 3. The van der Waals surface area contributed by atoms with Gasteiger partial charge in [0, 0.05) is 6.07 Å². The summed E-state index contributed by atoms with van der Waals surface area (Å²) in [7, 11) is 0. The van der Waals surface area contributed by atoms with Crippen molar-refractivity contribution in [2.24, 2.45) is 0 Å². The summed E-state index contributed by atoms with van der Waals surface area (Å²) in [5.74, 6) is -0.846. The number of phenolic OH excluding ortho intramolecular Hbond substituents is 2. The quantitative estimate of drug-likeness (QED) is 0.638. The summed E-state index contributed by atoms with van der Waals surface area (Å²) in [4.78, 5) is 12.4. The van der Waals surface area contributed by atoms with E-state index in [4.69, 9.17) is 4.74 Å². The molecule has 2 rings (SSSR count). The number of aliphatic hydroxyl groups excluding tert-OH is 1. The van der Waals surface area contributed by atoms with Crippen LogP contribution in [-0.2, 0) is 11.2 Å². The zero-order valence-corrected chi connectivity index (χ0v) is 13.6. The number of esters is 1. The van der Waals surface area contributed by atoms with E-state index in [0.29, 0.717) is 18.4 Å². The fraction of sp³-hybridized carbons (Fsp3) is 0.611. The van der Waals surface area contributed by atoms with Gasteiger partial charge < -0.3 is 20.1 Å². The number of phenols is 2. The predicted octanol–water partition coefficient (Wildman–Crippen LogP) is 3.29. The summed E-state index contributed by atoms with van der Waals surface area (Å²) in [6.07, 6.45) is 5.67. The largest absolute Gasteiger partial charge is 0.508 e. The maximum atomic E-state index is 12.4. The van der Waals surface area contributed by atoms with E-state index >= 15 is 0 Å². The van der Waals surface area contributed by atoms with E-state index in [0.717, 1.165) is 38.5 Å². The van der Waals surface area contributed by atoms with Gasteiger partial charge in [-0.25, -0.2) is 4.79 Å². The summed E-state index contributed by atoms with van der Waals surface area (Å²) in [5, 5.41) is 29.6. The fourth-order valence-corrected chi connectivity index (χ4v) is 3.06. The summed E-state index contributed by atoms with van der Waals surface area (Å²) >= 11 is 0. The predicted molar refractivity (Wildman–Crippen MR) is 86.7 cm³/mol. The van der Waals surface area contributed by atoms with Crippen LogP contribution in [0.1, 0.15) is 67.8 Å². The Morgan fingerprint density at radius 1 is 1.04 bits per heavy atom. The Morgan fingerprint density at radius 2 is 1.78 bits per heavy atom. The van der Waals surface area contributed by atoms with Crippen LogP contribution in [0.25, 0.3) is 0 Å². The second-order valence-corrected chi connectivity index (χ2v) is 6.40. The molecule has 2 atom stereocenters. The maximum Gasteiger partial charge on any atom is 0.342 e. The standard InChI is InChI=1S/C18H26O5/c1-12-6-5-9-14(19)8-4-2-3-7-13-10-15(20)11-16(21)17(13)18(22)23-12/h10-12,14,19-21H,2-9H2,1H3/t12-,14?/m1/s1. The zero-order valence-electron chi connectivity index (χ0n) is 13.6. The number of fused-ring (bicyclic) bond motifs is 1. The molecule has 1 aromatic rings. The first kappa shape index (κ1) is 17.6. The van der Waals surface area contributed by atoms with E-state index in [2.05, 4.69) is 0 Å². The average molecular weight is 322 g/mol. The molecule has 1 heterocycles. The van der Waals surface area contributed by atoms with Crippen LogP contribution in [0, 0.1) is 0 Å². The van der Waals surface area contributed by atoms with Gasteiger partial charge in [0.15, 0.2) is 0 Å². The zero-order chi connectivity index (χ0) is 16.8. The van der Waals surface area contributed by atoms with Crippen molar-refractivity contribution >= 4 is 5.97 Å². The molecule has 23 heavy (non-hydrogen) atoms. The first-order valence-corrected chi connectivity index (χ1v) is 8.41. The number of aromatic hydroxyl groups is 2. The molecule has 0 bridgehead atoms. The molecule has 1 aliphatic heterocycles. The molecular formula is C18H26O5. The van der Waals surface area contributed by atoms with Crippen LogP contribution in [0.15, 0.2) is 12.1 Å². The van der Waals surface area contributed by atoms with Crippen molar-refractivity contribution in [2.45, 2.75) is 70.5 Å². The highest BCUT2D eigenvalue weighted by atomic mass is 16.5. The molecule has 1 unspecified atom stereocenters. The van der Waals surface area contributed by atoms with Gasteiger partial charge in [0.25, 0.3) is 0 Å². The lowest BCUT2D eigenvalue weighted by molar-refractivity contribution is 0.0305. The van der Waals surface area contributed by atoms with Gasteiger partial charge in [-0.1, -0.05) is 12.8 Å². The van der Waals surface area contributed by atoms with Crippen molar-refractivity contribution in [1.29, 1.82) is 0 Å². The lowest BCUT2D eigenvalue weighted by atomic mass is 9.97. The normalized spacial score (nSPS) is 24.3. The molecule has 0 aliphatic carbocycles. The minimum atomic E-state index is -0.553. The number of carbonyl (C=O) groups is 1. The number of carbonyl (C=O) groups excluding carboxylic acids is 1. The summed E-state index contributed by atoms with van der Waals surface area (Å²) in [6, 6.07) is 2.69. The Bertz CT molecular complexity index is 540. The van der Waals surface area contributed by atoms with Gasteiger partial charge in [-0.15, -0.1) is 0 Å². The van der Waals surface area contributed by atoms with Crippen LogP contribution in [0.3, 0.4) is 0 Å². The lowest BCUT2D eigenvalue weighted by Gasteiger charge is -2.18. The van der Waals surface area contributed by atoms with Crippen LogP contribution >= 0.6 is 0 Å². The minimum absolute atomic E-state index is 0.0568. The highest BCUT2D eigenvalue weighted by Crippen LogP contribution is 2.30. The second-order valence-electron chi connectivity index (χ2n) is 6.40. The molecule has 0 saturated heterocycles. The Labute approximate surface area is 136 Å². The molecule has 0 aromatic heterocycles. The molecule has 0 spiro atoms.